The highest BCUT2D eigenvalue weighted by Crippen LogP contribution is 2.32. The second kappa shape index (κ2) is 6.48. The van der Waals surface area contributed by atoms with Gasteiger partial charge in [-0.15, -0.1) is 0 Å². The van der Waals surface area contributed by atoms with Crippen LogP contribution in [0.25, 0.3) is 0 Å². The van der Waals surface area contributed by atoms with Crippen molar-refractivity contribution < 1.29 is 14.3 Å². The monoisotopic (exact) mass is 291 g/mol. The summed E-state index contributed by atoms with van der Waals surface area (Å²) in [6.45, 7) is 7.67. The van der Waals surface area contributed by atoms with E-state index in [9.17, 15) is 4.79 Å². The number of rotatable bonds is 4. The lowest BCUT2D eigenvalue weighted by Gasteiger charge is -2.23. The summed E-state index contributed by atoms with van der Waals surface area (Å²) in [6.07, 6.45) is 1.52. The fourth-order valence-corrected chi connectivity index (χ4v) is 2.54. The van der Waals surface area contributed by atoms with Gasteiger partial charge in [0.2, 0.25) is 5.91 Å². The van der Waals surface area contributed by atoms with Gasteiger partial charge in [-0.3, -0.25) is 4.79 Å². The van der Waals surface area contributed by atoms with E-state index in [0.29, 0.717) is 13.2 Å². The van der Waals surface area contributed by atoms with Crippen LogP contribution in [0.5, 0.6) is 5.75 Å². The minimum atomic E-state index is -0.273. The highest BCUT2D eigenvalue weighted by atomic mass is 16.5. The molecule has 0 spiro atoms. The highest BCUT2D eigenvalue weighted by Gasteiger charge is 2.23. The van der Waals surface area contributed by atoms with Crippen LogP contribution in [0.3, 0.4) is 0 Å². The number of hydrogen-bond donors (Lipinski definition) is 1. The van der Waals surface area contributed by atoms with E-state index < -0.39 is 0 Å². The Bertz CT molecular complexity index is 499. The quantitative estimate of drug-likeness (QED) is 0.928. The Hall–Kier alpha value is -1.55. The molecule has 1 N–H and O–H groups in total. The first-order valence-electron chi connectivity index (χ1n) is 7.48. The molecule has 116 valence electrons. The molecule has 0 aliphatic carbocycles. The van der Waals surface area contributed by atoms with Crippen LogP contribution in [0.15, 0.2) is 18.2 Å². The Morgan fingerprint density at radius 2 is 2.19 bits per heavy atom. The van der Waals surface area contributed by atoms with E-state index in [0.717, 1.165) is 29.7 Å². The lowest BCUT2D eigenvalue weighted by molar-refractivity contribution is -0.130. The SMILES string of the molecule is COc1ccc(CNC(=O)C2CCCO2)cc1C(C)(C)C. The third kappa shape index (κ3) is 3.97. The lowest BCUT2D eigenvalue weighted by atomic mass is 9.85. The summed E-state index contributed by atoms with van der Waals surface area (Å²) in [5.41, 5.74) is 2.22. The molecular formula is C17H25NO3. The van der Waals surface area contributed by atoms with Gasteiger partial charge in [-0.2, -0.15) is 0 Å². The number of benzene rings is 1. The zero-order valence-corrected chi connectivity index (χ0v) is 13.4. The smallest absolute Gasteiger partial charge is 0.249 e. The Kier molecular flexibility index (Phi) is 4.88. The van der Waals surface area contributed by atoms with Crippen molar-refractivity contribution in [2.45, 2.75) is 51.7 Å². The minimum absolute atomic E-state index is 0.0000736. The van der Waals surface area contributed by atoms with Crippen molar-refractivity contribution in [3.8, 4) is 5.75 Å². The molecule has 1 amide bonds. The van der Waals surface area contributed by atoms with Gasteiger partial charge >= 0.3 is 0 Å². The van der Waals surface area contributed by atoms with Crippen molar-refractivity contribution in [3.63, 3.8) is 0 Å². The maximum absolute atomic E-state index is 12.0. The third-order valence-corrected chi connectivity index (χ3v) is 3.76. The van der Waals surface area contributed by atoms with E-state index in [1.165, 1.54) is 0 Å². The van der Waals surface area contributed by atoms with Gasteiger partial charge in [-0.1, -0.05) is 26.8 Å². The van der Waals surface area contributed by atoms with Crippen LogP contribution >= 0.6 is 0 Å². The zero-order chi connectivity index (χ0) is 15.5. The molecule has 4 heteroatoms. The Balaban J connectivity index is 2.05. The van der Waals surface area contributed by atoms with Crippen molar-refractivity contribution in [2.75, 3.05) is 13.7 Å². The molecule has 0 aromatic heterocycles. The molecule has 2 rings (SSSR count). The Labute approximate surface area is 126 Å². The predicted octanol–water partition coefficient (Wildman–Crippen LogP) is 2.79. The number of nitrogens with one attached hydrogen (secondary N) is 1. The molecule has 1 fully saturated rings. The van der Waals surface area contributed by atoms with E-state index >= 15 is 0 Å². The van der Waals surface area contributed by atoms with Crippen molar-refractivity contribution >= 4 is 5.91 Å². The van der Waals surface area contributed by atoms with Gasteiger partial charge in [0, 0.05) is 13.2 Å². The molecule has 21 heavy (non-hydrogen) atoms. The molecule has 4 nitrogen and oxygen atoms in total. The average molecular weight is 291 g/mol. The molecule has 1 aromatic carbocycles. The summed E-state index contributed by atoms with van der Waals surface area (Å²) in [4.78, 5) is 12.0. The van der Waals surface area contributed by atoms with E-state index in [1.807, 2.05) is 12.1 Å². The van der Waals surface area contributed by atoms with Crippen LogP contribution in [-0.2, 0) is 21.5 Å². The number of methoxy groups -OCH3 is 1. The normalized spacial score (nSPS) is 18.6. The molecule has 1 aliphatic heterocycles. The van der Waals surface area contributed by atoms with Crippen LogP contribution in [0.2, 0.25) is 0 Å². The van der Waals surface area contributed by atoms with Crippen LogP contribution in [0.1, 0.15) is 44.7 Å². The molecule has 0 bridgehead atoms. The maximum Gasteiger partial charge on any atom is 0.249 e. The Morgan fingerprint density at radius 3 is 2.76 bits per heavy atom. The van der Waals surface area contributed by atoms with E-state index in [1.54, 1.807) is 7.11 Å². The average Bonchev–Trinajstić information content (AvgIpc) is 2.97. The second-order valence-corrected chi connectivity index (χ2v) is 6.50. The summed E-state index contributed by atoms with van der Waals surface area (Å²) < 4.78 is 10.8. The second-order valence-electron chi connectivity index (χ2n) is 6.50. The van der Waals surface area contributed by atoms with Crippen LogP contribution < -0.4 is 10.1 Å². The van der Waals surface area contributed by atoms with Gasteiger partial charge in [-0.25, -0.2) is 0 Å². The van der Waals surface area contributed by atoms with Crippen molar-refractivity contribution in [1.82, 2.24) is 5.32 Å². The fraction of sp³-hybridized carbons (Fsp3) is 0.588. The van der Waals surface area contributed by atoms with Crippen molar-refractivity contribution in [3.05, 3.63) is 29.3 Å². The first-order chi connectivity index (χ1) is 9.91. The van der Waals surface area contributed by atoms with Crippen molar-refractivity contribution in [1.29, 1.82) is 0 Å². The van der Waals surface area contributed by atoms with Gasteiger partial charge in [0.15, 0.2) is 0 Å². The molecule has 1 aliphatic rings. The third-order valence-electron chi connectivity index (χ3n) is 3.76. The summed E-state index contributed by atoms with van der Waals surface area (Å²) >= 11 is 0. The fourth-order valence-electron chi connectivity index (χ4n) is 2.54. The molecule has 1 saturated heterocycles. The van der Waals surface area contributed by atoms with Gasteiger partial charge in [0.25, 0.3) is 0 Å². The number of ether oxygens (including phenoxy) is 2. The van der Waals surface area contributed by atoms with Crippen molar-refractivity contribution in [2.24, 2.45) is 0 Å². The van der Waals surface area contributed by atoms with Gasteiger partial charge in [0.1, 0.15) is 11.9 Å². The standard InChI is InChI=1S/C17H25NO3/c1-17(2,3)13-10-12(7-8-14(13)20-4)11-18-16(19)15-6-5-9-21-15/h7-8,10,15H,5-6,9,11H2,1-4H3,(H,18,19). The number of amides is 1. The van der Waals surface area contributed by atoms with Crippen LogP contribution in [0, 0.1) is 0 Å². The molecular weight excluding hydrogens is 266 g/mol. The number of carbonyl (C=O) groups excluding carboxylic acids is 1. The lowest BCUT2D eigenvalue weighted by Crippen LogP contribution is -2.33. The molecule has 1 heterocycles. The zero-order valence-electron chi connectivity index (χ0n) is 13.4. The van der Waals surface area contributed by atoms with E-state index in [2.05, 4.69) is 32.2 Å². The van der Waals surface area contributed by atoms with Gasteiger partial charge in [0.05, 0.1) is 7.11 Å². The molecule has 1 atom stereocenters. The summed E-state index contributed by atoms with van der Waals surface area (Å²) in [7, 11) is 1.68. The maximum atomic E-state index is 12.0. The molecule has 0 radical (unpaired) electrons. The molecule has 0 saturated carbocycles. The van der Waals surface area contributed by atoms with Crippen LogP contribution in [0.4, 0.5) is 0 Å². The van der Waals surface area contributed by atoms with Crippen LogP contribution in [-0.4, -0.2) is 25.7 Å². The summed E-state index contributed by atoms with van der Waals surface area (Å²) in [5.74, 6) is 0.873. The summed E-state index contributed by atoms with van der Waals surface area (Å²) in [6, 6.07) is 6.06. The minimum Gasteiger partial charge on any atom is -0.496 e. The predicted molar refractivity (Wildman–Crippen MR) is 82.5 cm³/mol. The highest BCUT2D eigenvalue weighted by molar-refractivity contribution is 5.80. The van der Waals surface area contributed by atoms with E-state index in [4.69, 9.17) is 9.47 Å². The number of carbonyl (C=O) groups is 1. The first-order valence-corrected chi connectivity index (χ1v) is 7.48. The molecule has 1 unspecified atom stereocenters. The first kappa shape index (κ1) is 15.8. The van der Waals surface area contributed by atoms with E-state index in [-0.39, 0.29) is 17.4 Å². The number of hydrogen-bond acceptors (Lipinski definition) is 3. The largest absolute Gasteiger partial charge is 0.496 e. The topological polar surface area (TPSA) is 47.6 Å². The Morgan fingerprint density at radius 1 is 1.43 bits per heavy atom. The molecule has 1 aromatic rings. The van der Waals surface area contributed by atoms with Gasteiger partial charge in [-0.05, 0) is 41.5 Å². The van der Waals surface area contributed by atoms with Gasteiger partial charge < -0.3 is 14.8 Å². The summed E-state index contributed by atoms with van der Waals surface area (Å²) in [5, 5.41) is 2.95.